The van der Waals surface area contributed by atoms with Crippen molar-refractivity contribution in [3.63, 3.8) is 0 Å². The SMILES string of the molecule is Cc1cccc(OC(C)C(=O)NNC(=O)CCc2ccc(Cl)cc2)c1C. The second-order valence-corrected chi connectivity index (χ2v) is 6.56. The topological polar surface area (TPSA) is 67.4 Å². The second kappa shape index (κ2) is 9.25. The van der Waals surface area contributed by atoms with E-state index in [1.165, 1.54) is 0 Å². The van der Waals surface area contributed by atoms with E-state index in [1.807, 2.05) is 44.2 Å². The van der Waals surface area contributed by atoms with Crippen LogP contribution < -0.4 is 15.6 Å². The lowest BCUT2D eigenvalue weighted by atomic mass is 10.1. The highest BCUT2D eigenvalue weighted by atomic mass is 35.5. The van der Waals surface area contributed by atoms with Crippen molar-refractivity contribution >= 4 is 23.4 Å². The zero-order valence-electron chi connectivity index (χ0n) is 15.1. The third-order valence-corrected chi connectivity index (χ3v) is 4.36. The van der Waals surface area contributed by atoms with Gasteiger partial charge < -0.3 is 4.74 Å². The zero-order chi connectivity index (χ0) is 19.1. The van der Waals surface area contributed by atoms with Gasteiger partial charge in [0.1, 0.15) is 5.75 Å². The third kappa shape index (κ3) is 5.77. The number of hydrogen-bond donors (Lipinski definition) is 2. The summed E-state index contributed by atoms with van der Waals surface area (Å²) < 4.78 is 5.68. The highest BCUT2D eigenvalue weighted by Crippen LogP contribution is 2.21. The average Bonchev–Trinajstić information content (AvgIpc) is 2.63. The first-order valence-electron chi connectivity index (χ1n) is 8.43. The average molecular weight is 375 g/mol. The number of hydrazine groups is 1. The molecule has 2 aromatic rings. The number of nitrogens with one attached hydrogen (secondary N) is 2. The van der Waals surface area contributed by atoms with E-state index >= 15 is 0 Å². The number of ether oxygens (including phenoxy) is 1. The summed E-state index contributed by atoms with van der Waals surface area (Å²) in [4.78, 5) is 24.0. The predicted molar refractivity (Wildman–Crippen MR) is 102 cm³/mol. The Balaban J connectivity index is 1.77. The van der Waals surface area contributed by atoms with E-state index in [1.54, 1.807) is 19.1 Å². The van der Waals surface area contributed by atoms with Crippen LogP contribution in [0.15, 0.2) is 42.5 Å². The summed E-state index contributed by atoms with van der Waals surface area (Å²) in [6.07, 6.45) is 0.0914. The van der Waals surface area contributed by atoms with Gasteiger partial charge in [-0.1, -0.05) is 35.9 Å². The molecule has 0 aliphatic rings. The molecule has 0 bridgehead atoms. The molecule has 26 heavy (non-hydrogen) atoms. The van der Waals surface area contributed by atoms with Gasteiger partial charge in [0.2, 0.25) is 5.91 Å². The highest BCUT2D eigenvalue weighted by molar-refractivity contribution is 6.30. The van der Waals surface area contributed by atoms with Gasteiger partial charge in [-0.15, -0.1) is 0 Å². The maximum Gasteiger partial charge on any atom is 0.279 e. The Morgan fingerprint density at radius 3 is 2.46 bits per heavy atom. The van der Waals surface area contributed by atoms with Crippen LogP contribution in [-0.2, 0) is 16.0 Å². The molecular weight excluding hydrogens is 352 g/mol. The van der Waals surface area contributed by atoms with Gasteiger partial charge in [0.05, 0.1) is 0 Å². The molecule has 0 aromatic heterocycles. The molecule has 0 aliphatic carbocycles. The molecule has 2 aromatic carbocycles. The van der Waals surface area contributed by atoms with Gasteiger partial charge >= 0.3 is 0 Å². The number of carbonyl (C=O) groups is 2. The van der Waals surface area contributed by atoms with Gasteiger partial charge in [-0.25, -0.2) is 0 Å². The van der Waals surface area contributed by atoms with Gasteiger partial charge in [0.25, 0.3) is 5.91 Å². The molecule has 2 rings (SSSR count). The summed E-state index contributed by atoms with van der Waals surface area (Å²) in [7, 11) is 0. The minimum absolute atomic E-state index is 0.258. The zero-order valence-corrected chi connectivity index (χ0v) is 15.9. The number of aryl methyl sites for hydroxylation is 2. The van der Waals surface area contributed by atoms with Crippen molar-refractivity contribution in [2.24, 2.45) is 0 Å². The lowest BCUT2D eigenvalue weighted by molar-refractivity contribution is -0.132. The van der Waals surface area contributed by atoms with Crippen LogP contribution in [0.3, 0.4) is 0 Å². The Kier molecular flexibility index (Phi) is 7.04. The van der Waals surface area contributed by atoms with E-state index in [2.05, 4.69) is 10.9 Å². The molecule has 2 amide bonds. The molecule has 0 saturated heterocycles. The maximum atomic E-state index is 12.1. The monoisotopic (exact) mass is 374 g/mol. The summed E-state index contributed by atoms with van der Waals surface area (Å²) in [5.74, 6) is -0.0281. The molecule has 0 saturated carbocycles. The molecule has 5 nitrogen and oxygen atoms in total. The summed E-state index contributed by atoms with van der Waals surface area (Å²) >= 11 is 5.83. The first kappa shape index (κ1) is 19.8. The normalized spacial score (nSPS) is 11.5. The number of halogens is 1. The fourth-order valence-corrected chi connectivity index (χ4v) is 2.43. The van der Waals surface area contributed by atoms with Crippen molar-refractivity contribution in [2.45, 2.75) is 39.7 Å². The Morgan fingerprint density at radius 2 is 1.77 bits per heavy atom. The summed E-state index contributed by atoms with van der Waals surface area (Å²) in [6, 6.07) is 13.0. The van der Waals surface area contributed by atoms with Crippen molar-refractivity contribution in [2.75, 3.05) is 0 Å². The smallest absolute Gasteiger partial charge is 0.279 e. The van der Waals surface area contributed by atoms with Gasteiger partial charge in [-0.2, -0.15) is 0 Å². The Bertz CT molecular complexity index is 775. The summed E-state index contributed by atoms with van der Waals surface area (Å²) in [5, 5.41) is 0.656. The fraction of sp³-hybridized carbons (Fsp3) is 0.300. The molecule has 0 heterocycles. The van der Waals surface area contributed by atoms with Crippen LogP contribution in [0.2, 0.25) is 5.02 Å². The van der Waals surface area contributed by atoms with Crippen LogP contribution in [0.1, 0.15) is 30.0 Å². The Labute approximate surface area is 158 Å². The van der Waals surface area contributed by atoms with Crippen molar-refractivity contribution in [3.05, 3.63) is 64.2 Å². The lowest BCUT2D eigenvalue weighted by Gasteiger charge is -2.17. The van der Waals surface area contributed by atoms with Crippen LogP contribution >= 0.6 is 11.6 Å². The molecular formula is C20H23ClN2O3. The molecule has 0 radical (unpaired) electrons. The standard InChI is InChI=1S/C20H23ClN2O3/c1-13-5-4-6-18(14(13)2)26-15(3)20(25)23-22-19(24)12-9-16-7-10-17(21)11-8-16/h4-8,10-11,15H,9,12H2,1-3H3,(H,22,24)(H,23,25). The van der Waals surface area contributed by atoms with E-state index in [0.717, 1.165) is 16.7 Å². The first-order chi connectivity index (χ1) is 12.4. The van der Waals surface area contributed by atoms with Crippen LogP contribution in [0.5, 0.6) is 5.75 Å². The molecule has 6 heteroatoms. The van der Waals surface area contributed by atoms with Crippen molar-refractivity contribution in [1.29, 1.82) is 0 Å². The van der Waals surface area contributed by atoms with Gasteiger partial charge in [-0.05, 0) is 62.1 Å². The minimum Gasteiger partial charge on any atom is -0.481 e. The summed E-state index contributed by atoms with van der Waals surface area (Å²) in [5.41, 5.74) is 7.89. The van der Waals surface area contributed by atoms with Crippen molar-refractivity contribution in [3.8, 4) is 5.75 Å². The number of hydrogen-bond acceptors (Lipinski definition) is 3. The number of carbonyl (C=O) groups excluding carboxylic acids is 2. The van der Waals surface area contributed by atoms with Crippen LogP contribution in [0, 0.1) is 13.8 Å². The van der Waals surface area contributed by atoms with Crippen LogP contribution in [0.4, 0.5) is 0 Å². The number of rotatable bonds is 6. The van der Waals surface area contributed by atoms with E-state index < -0.39 is 12.0 Å². The van der Waals surface area contributed by atoms with Crippen LogP contribution in [0.25, 0.3) is 0 Å². The first-order valence-corrected chi connectivity index (χ1v) is 8.80. The predicted octanol–water partition coefficient (Wildman–Crippen LogP) is 3.50. The van der Waals surface area contributed by atoms with Crippen LogP contribution in [-0.4, -0.2) is 17.9 Å². The molecule has 0 aliphatic heterocycles. The van der Waals surface area contributed by atoms with E-state index in [0.29, 0.717) is 17.2 Å². The second-order valence-electron chi connectivity index (χ2n) is 6.12. The summed E-state index contributed by atoms with van der Waals surface area (Å²) in [6.45, 7) is 5.55. The molecule has 138 valence electrons. The van der Waals surface area contributed by atoms with E-state index in [9.17, 15) is 9.59 Å². The van der Waals surface area contributed by atoms with E-state index in [4.69, 9.17) is 16.3 Å². The van der Waals surface area contributed by atoms with Crippen molar-refractivity contribution < 1.29 is 14.3 Å². The van der Waals surface area contributed by atoms with Gasteiger partial charge in [0, 0.05) is 11.4 Å². The molecule has 2 N–H and O–H groups in total. The van der Waals surface area contributed by atoms with Crippen molar-refractivity contribution in [1.82, 2.24) is 10.9 Å². The molecule has 0 fully saturated rings. The number of benzene rings is 2. The Hall–Kier alpha value is -2.53. The van der Waals surface area contributed by atoms with E-state index in [-0.39, 0.29) is 12.3 Å². The third-order valence-electron chi connectivity index (χ3n) is 4.11. The molecule has 1 unspecified atom stereocenters. The number of amides is 2. The maximum absolute atomic E-state index is 12.1. The molecule has 1 atom stereocenters. The quantitative estimate of drug-likeness (QED) is 0.760. The molecule has 0 spiro atoms. The largest absolute Gasteiger partial charge is 0.481 e. The highest BCUT2D eigenvalue weighted by Gasteiger charge is 2.16. The lowest BCUT2D eigenvalue weighted by Crippen LogP contribution is -2.47. The Morgan fingerprint density at radius 1 is 1.08 bits per heavy atom. The van der Waals surface area contributed by atoms with Gasteiger partial charge in [-0.3, -0.25) is 20.4 Å². The minimum atomic E-state index is -0.730. The fourth-order valence-electron chi connectivity index (χ4n) is 2.30. The van der Waals surface area contributed by atoms with Gasteiger partial charge in [0.15, 0.2) is 6.10 Å².